The number of phenols is 1. The maximum absolute atomic E-state index is 12.7. The highest BCUT2D eigenvalue weighted by molar-refractivity contribution is 5.90. The molecule has 0 aliphatic carbocycles. The number of carbonyl (C=O) groups excluding carboxylic acids is 1. The molecular weight excluding hydrogens is 352 g/mol. The molecule has 1 aliphatic heterocycles. The number of methoxy groups -OCH3 is 2. The van der Waals surface area contributed by atoms with Gasteiger partial charge in [0.05, 0.1) is 31.6 Å². The van der Waals surface area contributed by atoms with E-state index in [0.29, 0.717) is 16.5 Å². The van der Waals surface area contributed by atoms with Crippen LogP contribution in [-0.4, -0.2) is 25.3 Å². The number of aromatic hydroxyl groups is 1. The number of benzene rings is 2. The van der Waals surface area contributed by atoms with Crippen LogP contribution in [-0.2, 0) is 4.79 Å². The van der Waals surface area contributed by atoms with E-state index >= 15 is 0 Å². The summed E-state index contributed by atoms with van der Waals surface area (Å²) in [6, 6.07) is 10.0. The van der Waals surface area contributed by atoms with Crippen molar-refractivity contribution in [3.8, 4) is 23.0 Å². The first-order valence-electron chi connectivity index (χ1n) is 8.24. The molecule has 1 N–H and O–H groups in total. The summed E-state index contributed by atoms with van der Waals surface area (Å²) in [4.78, 5) is 24.9. The van der Waals surface area contributed by atoms with Crippen molar-refractivity contribution in [1.82, 2.24) is 0 Å². The molecule has 1 unspecified atom stereocenters. The normalized spacial score (nSPS) is 15.9. The summed E-state index contributed by atoms with van der Waals surface area (Å²) >= 11 is 0. The second-order valence-corrected chi connectivity index (χ2v) is 6.13. The third-order valence-corrected chi connectivity index (χ3v) is 4.64. The largest absolute Gasteiger partial charge is 0.502 e. The van der Waals surface area contributed by atoms with Gasteiger partial charge in [0.25, 0.3) is 0 Å². The maximum Gasteiger partial charge on any atom is 0.343 e. The minimum absolute atomic E-state index is 0.0484. The highest BCUT2D eigenvalue weighted by atomic mass is 16.5. The average molecular weight is 368 g/mol. The van der Waals surface area contributed by atoms with Crippen molar-refractivity contribution in [2.45, 2.75) is 12.3 Å². The second kappa shape index (κ2) is 6.35. The molecule has 2 heterocycles. The summed E-state index contributed by atoms with van der Waals surface area (Å²) in [6.45, 7) is 0. The number of para-hydroxylation sites is 1. The Balaban J connectivity index is 1.99. The topological polar surface area (TPSA) is 95.2 Å². The van der Waals surface area contributed by atoms with Gasteiger partial charge in [-0.25, -0.2) is 4.79 Å². The van der Waals surface area contributed by atoms with E-state index in [4.69, 9.17) is 18.6 Å². The molecule has 1 aliphatic rings. The van der Waals surface area contributed by atoms with E-state index in [0.717, 1.165) is 0 Å². The molecule has 0 fully saturated rings. The van der Waals surface area contributed by atoms with Crippen molar-refractivity contribution in [2.75, 3.05) is 14.2 Å². The van der Waals surface area contributed by atoms with Crippen molar-refractivity contribution in [3.05, 3.63) is 57.9 Å². The Hall–Kier alpha value is -3.48. The Morgan fingerprint density at radius 2 is 1.74 bits per heavy atom. The van der Waals surface area contributed by atoms with Gasteiger partial charge in [-0.3, -0.25) is 4.79 Å². The summed E-state index contributed by atoms with van der Waals surface area (Å²) in [6.07, 6.45) is -0.0484. The van der Waals surface area contributed by atoms with Crippen molar-refractivity contribution < 1.29 is 28.5 Å². The number of hydrogen-bond donors (Lipinski definition) is 1. The zero-order chi connectivity index (χ0) is 19.1. The van der Waals surface area contributed by atoms with Crippen molar-refractivity contribution in [2.24, 2.45) is 0 Å². The van der Waals surface area contributed by atoms with E-state index in [1.54, 1.807) is 36.4 Å². The third kappa shape index (κ3) is 2.68. The van der Waals surface area contributed by atoms with Gasteiger partial charge in [0.2, 0.25) is 5.75 Å². The first-order chi connectivity index (χ1) is 13.0. The molecule has 138 valence electrons. The molecular formula is C20H16O7. The molecule has 7 nitrogen and oxygen atoms in total. The predicted molar refractivity (Wildman–Crippen MR) is 95.8 cm³/mol. The third-order valence-electron chi connectivity index (χ3n) is 4.64. The lowest BCUT2D eigenvalue weighted by atomic mass is 9.86. The van der Waals surface area contributed by atoms with Crippen molar-refractivity contribution in [3.63, 3.8) is 0 Å². The zero-order valence-electron chi connectivity index (χ0n) is 14.6. The molecule has 0 radical (unpaired) electrons. The number of ether oxygens (including phenoxy) is 3. The Labute approximate surface area is 153 Å². The number of fused-ring (bicyclic) bond motifs is 3. The van der Waals surface area contributed by atoms with Gasteiger partial charge in [-0.05, 0) is 29.8 Å². The molecule has 2 aromatic carbocycles. The van der Waals surface area contributed by atoms with Crippen LogP contribution in [0, 0.1) is 0 Å². The van der Waals surface area contributed by atoms with Crippen LogP contribution in [0.3, 0.4) is 0 Å². The fourth-order valence-corrected chi connectivity index (χ4v) is 3.37. The second-order valence-electron chi connectivity index (χ2n) is 6.13. The van der Waals surface area contributed by atoms with E-state index in [1.807, 2.05) is 0 Å². The van der Waals surface area contributed by atoms with Crippen LogP contribution >= 0.6 is 0 Å². The molecule has 4 rings (SSSR count). The van der Waals surface area contributed by atoms with E-state index < -0.39 is 17.5 Å². The van der Waals surface area contributed by atoms with Gasteiger partial charge >= 0.3 is 11.6 Å². The van der Waals surface area contributed by atoms with Crippen LogP contribution in [0.1, 0.15) is 23.5 Å². The fraction of sp³-hybridized carbons (Fsp3) is 0.200. The van der Waals surface area contributed by atoms with Crippen LogP contribution in [0.5, 0.6) is 23.0 Å². The van der Waals surface area contributed by atoms with Gasteiger partial charge < -0.3 is 23.7 Å². The quantitative estimate of drug-likeness (QED) is 0.561. The van der Waals surface area contributed by atoms with Crippen LogP contribution in [0.4, 0.5) is 0 Å². The van der Waals surface area contributed by atoms with Crippen LogP contribution in [0.25, 0.3) is 11.0 Å². The summed E-state index contributed by atoms with van der Waals surface area (Å²) in [5, 5.41) is 10.7. The SMILES string of the molecule is COc1cc(C2CC(=O)Oc3c2c(=O)oc2ccccc32)cc(OC)c1O. The predicted octanol–water partition coefficient (Wildman–Crippen LogP) is 2.96. The smallest absolute Gasteiger partial charge is 0.343 e. The molecule has 3 aromatic rings. The number of rotatable bonds is 3. The lowest BCUT2D eigenvalue weighted by molar-refractivity contribution is -0.135. The lowest BCUT2D eigenvalue weighted by Crippen LogP contribution is -2.26. The Morgan fingerprint density at radius 1 is 1.07 bits per heavy atom. The summed E-state index contributed by atoms with van der Waals surface area (Å²) < 4.78 is 21.2. The minimum Gasteiger partial charge on any atom is -0.502 e. The molecule has 0 saturated heterocycles. The number of phenolic OH excluding ortho intramolecular Hbond substituents is 1. The molecule has 1 atom stereocenters. The van der Waals surface area contributed by atoms with E-state index in [2.05, 4.69) is 0 Å². The number of esters is 1. The highest BCUT2D eigenvalue weighted by Crippen LogP contribution is 2.45. The van der Waals surface area contributed by atoms with Gasteiger partial charge in [-0.2, -0.15) is 0 Å². The van der Waals surface area contributed by atoms with Crippen LogP contribution in [0.2, 0.25) is 0 Å². The molecule has 7 heteroatoms. The van der Waals surface area contributed by atoms with Crippen molar-refractivity contribution in [1.29, 1.82) is 0 Å². The van der Waals surface area contributed by atoms with E-state index in [-0.39, 0.29) is 35.0 Å². The molecule has 27 heavy (non-hydrogen) atoms. The molecule has 1 aromatic heterocycles. The Kier molecular flexibility index (Phi) is 3.99. The van der Waals surface area contributed by atoms with Crippen LogP contribution in [0.15, 0.2) is 45.6 Å². The fourth-order valence-electron chi connectivity index (χ4n) is 3.37. The average Bonchev–Trinajstić information content (AvgIpc) is 2.67. The van der Waals surface area contributed by atoms with Gasteiger partial charge in [-0.15, -0.1) is 0 Å². The lowest BCUT2D eigenvalue weighted by Gasteiger charge is -2.25. The molecule has 0 bridgehead atoms. The van der Waals surface area contributed by atoms with Gasteiger partial charge in [0.15, 0.2) is 17.2 Å². The van der Waals surface area contributed by atoms with Crippen LogP contribution < -0.4 is 19.8 Å². The van der Waals surface area contributed by atoms with E-state index in [9.17, 15) is 14.7 Å². The first kappa shape index (κ1) is 17.0. The van der Waals surface area contributed by atoms with Gasteiger partial charge in [0.1, 0.15) is 5.58 Å². The summed E-state index contributed by atoms with van der Waals surface area (Å²) in [5.74, 6) is -0.688. The molecule has 0 amide bonds. The first-order valence-corrected chi connectivity index (χ1v) is 8.24. The standard InChI is InChI=1S/C20H16O7/c1-24-14-7-10(8-15(25-2)18(14)22)12-9-16(21)27-19-11-5-3-4-6-13(11)26-20(23)17(12)19/h3-8,12,22H,9H2,1-2H3. The monoisotopic (exact) mass is 368 g/mol. The highest BCUT2D eigenvalue weighted by Gasteiger charge is 2.34. The maximum atomic E-state index is 12.7. The Bertz CT molecular complexity index is 1090. The van der Waals surface area contributed by atoms with Gasteiger partial charge in [0, 0.05) is 5.92 Å². The van der Waals surface area contributed by atoms with E-state index in [1.165, 1.54) is 14.2 Å². The van der Waals surface area contributed by atoms with Crippen molar-refractivity contribution >= 4 is 16.9 Å². The number of carbonyl (C=O) groups is 1. The Morgan fingerprint density at radius 3 is 2.41 bits per heavy atom. The molecule has 0 spiro atoms. The zero-order valence-corrected chi connectivity index (χ0v) is 14.6. The van der Waals surface area contributed by atoms with Gasteiger partial charge in [-0.1, -0.05) is 12.1 Å². The summed E-state index contributed by atoms with van der Waals surface area (Å²) in [7, 11) is 2.81. The minimum atomic E-state index is -0.620. The number of hydrogen-bond acceptors (Lipinski definition) is 7. The molecule has 0 saturated carbocycles. The summed E-state index contributed by atoms with van der Waals surface area (Å²) in [5.41, 5.74) is 0.591.